The number of nitrogens with zero attached hydrogens (tertiary/aromatic N) is 2. The lowest BCUT2D eigenvalue weighted by molar-refractivity contribution is -0.128. The van der Waals surface area contributed by atoms with E-state index in [0.29, 0.717) is 47.8 Å². The summed E-state index contributed by atoms with van der Waals surface area (Å²) in [6.07, 6.45) is 7.66. The molecule has 3 N–H and O–H groups in total. The molecule has 3 heterocycles. The third-order valence-electron chi connectivity index (χ3n) is 8.52. The molecule has 3 fully saturated rings. The molecular formula is C28H34ClN5O4. The topological polar surface area (TPSA) is 127 Å². The maximum absolute atomic E-state index is 13.9. The molecule has 38 heavy (non-hydrogen) atoms. The van der Waals surface area contributed by atoms with Gasteiger partial charge >= 0.3 is 0 Å². The first-order valence-corrected chi connectivity index (χ1v) is 13.9. The first kappa shape index (κ1) is 26.4. The number of benzene rings is 1. The highest BCUT2D eigenvalue weighted by atomic mass is 35.5. The van der Waals surface area contributed by atoms with Crippen molar-refractivity contribution in [1.29, 1.82) is 5.26 Å². The van der Waals surface area contributed by atoms with Crippen LogP contribution in [0.2, 0.25) is 5.02 Å². The van der Waals surface area contributed by atoms with Gasteiger partial charge in [0.1, 0.15) is 23.5 Å². The number of piperidine rings is 1. The lowest BCUT2D eigenvalue weighted by atomic mass is 9.72. The van der Waals surface area contributed by atoms with Gasteiger partial charge in [-0.15, -0.1) is 0 Å². The molecule has 3 atom stereocenters. The van der Waals surface area contributed by atoms with Crippen LogP contribution in [-0.2, 0) is 9.59 Å². The molecule has 0 bridgehead atoms. The number of aromatic amines is 1. The molecular weight excluding hydrogens is 506 g/mol. The van der Waals surface area contributed by atoms with Crippen LogP contribution >= 0.6 is 11.6 Å². The molecule has 1 spiro atoms. The maximum atomic E-state index is 13.9. The predicted octanol–water partition coefficient (Wildman–Crippen LogP) is 3.92. The number of hydrogen-bond acceptors (Lipinski definition) is 5. The number of rotatable bonds is 6. The van der Waals surface area contributed by atoms with Gasteiger partial charge in [0.05, 0.1) is 18.2 Å². The molecule has 0 radical (unpaired) electrons. The summed E-state index contributed by atoms with van der Waals surface area (Å²) in [6, 6.07) is 5.91. The molecule has 2 aromatic rings. The lowest BCUT2D eigenvalue weighted by Gasteiger charge is -2.32. The van der Waals surface area contributed by atoms with Gasteiger partial charge in [-0.2, -0.15) is 5.26 Å². The number of carbonyl (C=O) groups is 3. The van der Waals surface area contributed by atoms with E-state index >= 15 is 0 Å². The van der Waals surface area contributed by atoms with E-state index in [1.54, 1.807) is 23.1 Å². The Morgan fingerprint density at radius 3 is 2.79 bits per heavy atom. The fourth-order valence-corrected chi connectivity index (χ4v) is 6.79. The molecule has 1 aromatic carbocycles. The normalized spacial score (nSPS) is 23.6. The number of fused-ring (bicyclic) bond motifs is 1. The van der Waals surface area contributed by atoms with Crippen molar-refractivity contribution in [3.8, 4) is 11.8 Å². The van der Waals surface area contributed by atoms with Crippen LogP contribution in [0.1, 0.15) is 68.3 Å². The van der Waals surface area contributed by atoms with Crippen LogP contribution in [0, 0.1) is 22.7 Å². The van der Waals surface area contributed by atoms with Gasteiger partial charge in [-0.1, -0.05) is 30.9 Å². The molecule has 2 aliphatic heterocycles. The number of nitriles is 1. The van der Waals surface area contributed by atoms with E-state index in [9.17, 15) is 19.6 Å². The summed E-state index contributed by atoms with van der Waals surface area (Å²) in [5.74, 6) is -0.475. The van der Waals surface area contributed by atoms with Crippen LogP contribution in [-0.4, -0.2) is 59.9 Å². The number of hydrogen-bond donors (Lipinski definition) is 3. The average Bonchev–Trinajstić information content (AvgIpc) is 3.52. The van der Waals surface area contributed by atoms with Crippen molar-refractivity contribution in [3.63, 3.8) is 0 Å². The molecule has 2 unspecified atom stereocenters. The Balaban J connectivity index is 1.39. The SMILES string of the molecule is COc1c(Cl)ccc2[nH]c(C(=O)N3CC4(CCCCC4)CC3C(=O)N[C@H](C#N)CC3CCCNC3=O)cc12. The van der Waals surface area contributed by atoms with E-state index in [-0.39, 0.29) is 35.5 Å². The minimum Gasteiger partial charge on any atom is -0.494 e. The van der Waals surface area contributed by atoms with Gasteiger partial charge < -0.3 is 25.3 Å². The number of likely N-dealkylation sites (tertiary alicyclic amines) is 1. The average molecular weight is 540 g/mol. The van der Waals surface area contributed by atoms with Crippen LogP contribution in [0.25, 0.3) is 10.9 Å². The molecule has 9 nitrogen and oxygen atoms in total. The van der Waals surface area contributed by atoms with Gasteiger partial charge in [-0.25, -0.2) is 0 Å². The number of H-pyrrole nitrogens is 1. The molecule has 3 aliphatic rings. The number of carbonyl (C=O) groups excluding carboxylic acids is 3. The zero-order valence-corrected chi connectivity index (χ0v) is 22.4. The van der Waals surface area contributed by atoms with Crippen molar-refractivity contribution in [3.05, 3.63) is 28.9 Å². The van der Waals surface area contributed by atoms with E-state index < -0.39 is 12.1 Å². The van der Waals surface area contributed by atoms with Crippen LogP contribution in [0.4, 0.5) is 0 Å². The Hall–Kier alpha value is -3.25. The largest absolute Gasteiger partial charge is 0.494 e. The van der Waals surface area contributed by atoms with E-state index in [1.807, 2.05) is 0 Å². The number of nitrogens with one attached hydrogen (secondary N) is 3. The van der Waals surface area contributed by atoms with Crippen molar-refractivity contribution in [1.82, 2.24) is 20.5 Å². The van der Waals surface area contributed by atoms with Crippen LogP contribution in [0.15, 0.2) is 18.2 Å². The Bertz CT molecular complexity index is 1280. The van der Waals surface area contributed by atoms with Gasteiger partial charge in [0, 0.05) is 29.9 Å². The minimum atomic E-state index is -0.796. The molecule has 10 heteroatoms. The Kier molecular flexibility index (Phi) is 7.53. The summed E-state index contributed by atoms with van der Waals surface area (Å²) in [6.45, 7) is 1.14. The second kappa shape index (κ2) is 10.9. The first-order valence-electron chi connectivity index (χ1n) is 13.5. The highest BCUT2D eigenvalue weighted by Gasteiger charge is 2.49. The third-order valence-corrected chi connectivity index (χ3v) is 8.82. The smallest absolute Gasteiger partial charge is 0.271 e. The lowest BCUT2D eigenvalue weighted by Crippen LogP contribution is -2.49. The Morgan fingerprint density at radius 1 is 1.29 bits per heavy atom. The molecule has 1 aliphatic carbocycles. The summed E-state index contributed by atoms with van der Waals surface area (Å²) in [4.78, 5) is 44.6. The molecule has 1 saturated carbocycles. The molecule has 5 rings (SSSR count). The molecule has 202 valence electrons. The van der Waals surface area contributed by atoms with Crippen LogP contribution < -0.4 is 15.4 Å². The van der Waals surface area contributed by atoms with Crippen molar-refractivity contribution < 1.29 is 19.1 Å². The fourth-order valence-electron chi connectivity index (χ4n) is 6.55. The van der Waals surface area contributed by atoms with Crippen molar-refractivity contribution in [2.75, 3.05) is 20.2 Å². The molecule has 2 saturated heterocycles. The predicted molar refractivity (Wildman–Crippen MR) is 143 cm³/mol. The van der Waals surface area contributed by atoms with Crippen molar-refractivity contribution >= 4 is 40.2 Å². The summed E-state index contributed by atoms with van der Waals surface area (Å²) in [5, 5.41) is 16.6. The summed E-state index contributed by atoms with van der Waals surface area (Å²) in [5.41, 5.74) is 0.980. The zero-order chi connectivity index (χ0) is 26.9. The number of amides is 3. The standard InChI is InChI=1S/C28H34ClN5O4/c1-38-24-19-13-22(33-21(19)8-7-20(24)29)27(37)34-16-28(9-3-2-4-10-28)14-23(34)26(36)32-18(15-30)12-17-6-5-11-31-25(17)35/h7-8,13,17-18,23,33H,2-6,9-12,14,16H2,1H3,(H,31,35)(H,32,36)/t17?,18-,23?/m0/s1. The quantitative estimate of drug-likeness (QED) is 0.512. The summed E-state index contributed by atoms with van der Waals surface area (Å²) < 4.78 is 5.45. The van der Waals surface area contributed by atoms with E-state index in [2.05, 4.69) is 21.7 Å². The van der Waals surface area contributed by atoms with Gasteiger partial charge in [0.15, 0.2) is 0 Å². The highest BCUT2D eigenvalue weighted by Crippen LogP contribution is 2.47. The third kappa shape index (κ3) is 5.06. The van der Waals surface area contributed by atoms with Gasteiger partial charge in [0.2, 0.25) is 11.8 Å². The van der Waals surface area contributed by atoms with E-state index in [0.717, 1.165) is 44.0 Å². The first-order chi connectivity index (χ1) is 18.3. The number of aromatic nitrogens is 1. The zero-order valence-electron chi connectivity index (χ0n) is 21.6. The fraction of sp³-hybridized carbons (Fsp3) is 0.571. The van der Waals surface area contributed by atoms with Crippen molar-refractivity contribution in [2.24, 2.45) is 11.3 Å². The van der Waals surface area contributed by atoms with Gasteiger partial charge in [-0.05, 0) is 62.1 Å². The van der Waals surface area contributed by atoms with Crippen LogP contribution in [0.3, 0.4) is 0 Å². The van der Waals surface area contributed by atoms with E-state index in [1.165, 1.54) is 7.11 Å². The maximum Gasteiger partial charge on any atom is 0.271 e. The highest BCUT2D eigenvalue weighted by molar-refractivity contribution is 6.33. The summed E-state index contributed by atoms with van der Waals surface area (Å²) in [7, 11) is 1.53. The monoisotopic (exact) mass is 539 g/mol. The Morgan fingerprint density at radius 2 is 2.08 bits per heavy atom. The molecule has 3 amide bonds. The second-order valence-electron chi connectivity index (χ2n) is 11.0. The van der Waals surface area contributed by atoms with E-state index in [4.69, 9.17) is 16.3 Å². The number of methoxy groups -OCH3 is 1. The van der Waals surface area contributed by atoms with Gasteiger partial charge in [0.25, 0.3) is 5.91 Å². The van der Waals surface area contributed by atoms with Crippen molar-refractivity contribution in [2.45, 2.75) is 69.9 Å². The number of halogens is 1. The molecule has 1 aromatic heterocycles. The summed E-state index contributed by atoms with van der Waals surface area (Å²) >= 11 is 6.28. The second-order valence-corrected chi connectivity index (χ2v) is 11.4. The Labute approximate surface area is 227 Å². The number of ether oxygens (including phenoxy) is 1. The minimum absolute atomic E-state index is 0.0704. The van der Waals surface area contributed by atoms with Crippen LogP contribution in [0.5, 0.6) is 5.75 Å². The van der Waals surface area contributed by atoms with Gasteiger partial charge in [-0.3, -0.25) is 14.4 Å².